The second-order valence-corrected chi connectivity index (χ2v) is 6.99. The third kappa shape index (κ3) is 5.56. The van der Waals surface area contributed by atoms with E-state index in [1.165, 1.54) is 25.1 Å². The maximum Gasteiger partial charge on any atom is 0.308 e. The van der Waals surface area contributed by atoms with Crippen LogP contribution in [0.3, 0.4) is 0 Å². The summed E-state index contributed by atoms with van der Waals surface area (Å²) in [6.45, 7) is 2.40. The Bertz CT molecular complexity index is 925. The van der Waals surface area contributed by atoms with Crippen molar-refractivity contribution in [3.05, 3.63) is 58.6 Å². The lowest BCUT2D eigenvalue weighted by Crippen LogP contribution is -2.32. The largest absolute Gasteiger partial charge is 0.425 e. The van der Waals surface area contributed by atoms with Crippen molar-refractivity contribution < 1.29 is 23.9 Å². The first-order valence-corrected chi connectivity index (χ1v) is 9.60. The number of anilines is 1. The molecule has 1 heterocycles. The summed E-state index contributed by atoms with van der Waals surface area (Å²) < 4.78 is 10.5. The van der Waals surface area contributed by atoms with Crippen LogP contribution in [-0.2, 0) is 9.53 Å². The first-order chi connectivity index (χ1) is 13.9. The van der Waals surface area contributed by atoms with Gasteiger partial charge in [0.15, 0.2) is 0 Å². The Morgan fingerprint density at radius 1 is 1.17 bits per heavy atom. The number of hydrogen-bond acceptors (Lipinski definition) is 5. The summed E-state index contributed by atoms with van der Waals surface area (Å²) in [4.78, 5) is 36.2. The van der Waals surface area contributed by atoms with Gasteiger partial charge in [0.1, 0.15) is 5.75 Å². The number of amides is 2. The molecule has 0 saturated carbocycles. The van der Waals surface area contributed by atoms with E-state index in [0.717, 1.165) is 12.8 Å². The molecule has 3 rings (SSSR count). The molecule has 0 spiro atoms. The molecule has 2 amide bonds. The van der Waals surface area contributed by atoms with Gasteiger partial charge in [-0.05, 0) is 43.2 Å². The van der Waals surface area contributed by atoms with Crippen molar-refractivity contribution in [1.29, 1.82) is 0 Å². The van der Waals surface area contributed by atoms with Gasteiger partial charge in [-0.1, -0.05) is 23.7 Å². The van der Waals surface area contributed by atoms with Crippen LogP contribution in [0.2, 0.25) is 5.02 Å². The fourth-order valence-electron chi connectivity index (χ4n) is 2.97. The van der Waals surface area contributed by atoms with Crippen LogP contribution in [0.25, 0.3) is 0 Å². The lowest BCUT2D eigenvalue weighted by molar-refractivity contribution is -0.131. The van der Waals surface area contributed by atoms with E-state index in [0.29, 0.717) is 24.4 Å². The number of carbonyl (C=O) groups is 3. The van der Waals surface area contributed by atoms with Crippen molar-refractivity contribution in [2.75, 3.05) is 18.5 Å². The molecule has 1 aliphatic heterocycles. The molecule has 1 atom stereocenters. The van der Waals surface area contributed by atoms with Crippen LogP contribution in [0.15, 0.2) is 42.5 Å². The highest BCUT2D eigenvalue weighted by Crippen LogP contribution is 2.26. The molecule has 1 fully saturated rings. The van der Waals surface area contributed by atoms with Gasteiger partial charge in [0.2, 0.25) is 0 Å². The highest BCUT2D eigenvalue weighted by molar-refractivity contribution is 6.32. The van der Waals surface area contributed by atoms with Gasteiger partial charge in [-0.15, -0.1) is 0 Å². The minimum absolute atomic E-state index is 0.0265. The molecule has 29 heavy (non-hydrogen) atoms. The van der Waals surface area contributed by atoms with E-state index in [4.69, 9.17) is 21.1 Å². The molecule has 1 unspecified atom stereocenters. The summed E-state index contributed by atoms with van der Waals surface area (Å²) in [6.07, 6.45) is 1.94. The minimum Gasteiger partial charge on any atom is -0.425 e. The molecule has 2 aromatic rings. The summed E-state index contributed by atoms with van der Waals surface area (Å²) in [6, 6.07) is 11.1. The number of para-hydroxylation sites is 1. The van der Waals surface area contributed by atoms with Crippen molar-refractivity contribution in [2.45, 2.75) is 25.9 Å². The van der Waals surface area contributed by atoms with Crippen LogP contribution in [0, 0.1) is 0 Å². The third-order valence-electron chi connectivity index (χ3n) is 4.38. The van der Waals surface area contributed by atoms with Crippen molar-refractivity contribution in [1.82, 2.24) is 5.32 Å². The van der Waals surface area contributed by atoms with Gasteiger partial charge in [-0.25, -0.2) is 0 Å². The summed E-state index contributed by atoms with van der Waals surface area (Å²) in [7, 11) is 0. The molecule has 2 aromatic carbocycles. The SMILES string of the molecule is CC(=O)Oc1ccc(C(=O)Nc2ccccc2C(=O)NCC2CCCO2)cc1Cl. The number of nitrogens with one attached hydrogen (secondary N) is 2. The van der Waals surface area contributed by atoms with Crippen LogP contribution in [0.4, 0.5) is 5.69 Å². The Labute approximate surface area is 173 Å². The fraction of sp³-hybridized carbons (Fsp3) is 0.286. The molecule has 8 heteroatoms. The third-order valence-corrected chi connectivity index (χ3v) is 4.68. The monoisotopic (exact) mass is 416 g/mol. The predicted molar refractivity (Wildman–Crippen MR) is 108 cm³/mol. The average molecular weight is 417 g/mol. The standard InChI is InChI=1S/C21H21ClN2O5/c1-13(25)29-19-9-8-14(11-17(19)22)20(26)24-18-7-3-2-6-16(18)21(27)23-12-15-5-4-10-28-15/h2-3,6-9,11,15H,4-5,10,12H2,1H3,(H,23,27)(H,24,26). The van der Waals surface area contributed by atoms with Crippen LogP contribution in [-0.4, -0.2) is 37.0 Å². The zero-order valence-corrected chi connectivity index (χ0v) is 16.6. The maximum absolute atomic E-state index is 12.6. The molecule has 7 nitrogen and oxygen atoms in total. The summed E-state index contributed by atoms with van der Waals surface area (Å²) in [5.74, 6) is -1.07. The van der Waals surface area contributed by atoms with E-state index in [9.17, 15) is 14.4 Å². The summed E-state index contributed by atoms with van der Waals surface area (Å²) in [5.41, 5.74) is 0.990. The normalized spacial score (nSPS) is 15.6. The zero-order valence-electron chi connectivity index (χ0n) is 15.9. The van der Waals surface area contributed by atoms with Gasteiger partial charge in [0.05, 0.1) is 22.4 Å². The highest BCUT2D eigenvalue weighted by Gasteiger charge is 2.19. The Balaban J connectivity index is 1.69. The van der Waals surface area contributed by atoms with Crippen molar-refractivity contribution >= 4 is 35.1 Å². The first kappa shape index (κ1) is 20.8. The number of carbonyl (C=O) groups excluding carboxylic acids is 3. The van der Waals surface area contributed by atoms with Gasteiger partial charge in [-0.3, -0.25) is 14.4 Å². The Morgan fingerprint density at radius 3 is 2.66 bits per heavy atom. The molecular weight excluding hydrogens is 396 g/mol. The number of benzene rings is 2. The molecule has 2 N–H and O–H groups in total. The summed E-state index contributed by atoms with van der Waals surface area (Å²) in [5, 5.41) is 5.70. The lowest BCUT2D eigenvalue weighted by atomic mass is 10.1. The molecule has 152 valence electrons. The van der Waals surface area contributed by atoms with Crippen molar-refractivity contribution in [2.24, 2.45) is 0 Å². The van der Waals surface area contributed by atoms with E-state index >= 15 is 0 Å². The molecular formula is C21H21ClN2O5. The van der Waals surface area contributed by atoms with Crippen molar-refractivity contribution in [3.8, 4) is 5.75 Å². The molecule has 0 aliphatic carbocycles. The summed E-state index contributed by atoms with van der Waals surface area (Å²) >= 11 is 6.07. The van der Waals surface area contributed by atoms with E-state index in [-0.39, 0.29) is 28.3 Å². The predicted octanol–water partition coefficient (Wildman–Crippen LogP) is 3.43. The Kier molecular flexibility index (Phi) is 6.85. The lowest BCUT2D eigenvalue weighted by Gasteiger charge is -2.14. The molecule has 1 aliphatic rings. The minimum atomic E-state index is -0.507. The fourth-order valence-corrected chi connectivity index (χ4v) is 3.19. The number of halogens is 1. The quantitative estimate of drug-likeness (QED) is 0.555. The number of esters is 1. The smallest absolute Gasteiger partial charge is 0.308 e. The number of ether oxygens (including phenoxy) is 2. The highest BCUT2D eigenvalue weighted by atomic mass is 35.5. The molecule has 1 saturated heterocycles. The Morgan fingerprint density at radius 2 is 1.97 bits per heavy atom. The molecule has 0 aromatic heterocycles. The zero-order chi connectivity index (χ0) is 20.8. The van der Waals surface area contributed by atoms with Crippen molar-refractivity contribution in [3.63, 3.8) is 0 Å². The maximum atomic E-state index is 12.6. The van der Waals surface area contributed by atoms with Gasteiger partial charge in [0.25, 0.3) is 11.8 Å². The van der Waals surface area contributed by atoms with E-state index in [1.807, 2.05) is 0 Å². The first-order valence-electron chi connectivity index (χ1n) is 9.22. The molecule has 0 radical (unpaired) electrons. The number of rotatable bonds is 6. The van der Waals surface area contributed by atoms with Crippen LogP contribution >= 0.6 is 11.6 Å². The van der Waals surface area contributed by atoms with Gasteiger partial charge in [-0.2, -0.15) is 0 Å². The second kappa shape index (κ2) is 9.54. The average Bonchev–Trinajstić information content (AvgIpc) is 3.21. The number of hydrogen-bond donors (Lipinski definition) is 2. The molecule has 0 bridgehead atoms. The topological polar surface area (TPSA) is 93.7 Å². The van der Waals surface area contributed by atoms with Gasteiger partial charge < -0.3 is 20.1 Å². The van der Waals surface area contributed by atoms with E-state index < -0.39 is 11.9 Å². The van der Waals surface area contributed by atoms with Crippen LogP contribution in [0.5, 0.6) is 5.75 Å². The Hall–Kier alpha value is -2.90. The van der Waals surface area contributed by atoms with Crippen LogP contribution < -0.4 is 15.4 Å². The van der Waals surface area contributed by atoms with E-state index in [2.05, 4.69) is 10.6 Å². The van der Waals surface area contributed by atoms with Gasteiger partial charge in [0, 0.05) is 25.6 Å². The van der Waals surface area contributed by atoms with Gasteiger partial charge >= 0.3 is 5.97 Å². The van der Waals surface area contributed by atoms with E-state index in [1.54, 1.807) is 24.3 Å². The second-order valence-electron chi connectivity index (χ2n) is 6.58. The van der Waals surface area contributed by atoms with Crippen LogP contribution in [0.1, 0.15) is 40.5 Å².